The summed E-state index contributed by atoms with van der Waals surface area (Å²) in [6.45, 7) is 4.44. The van der Waals surface area contributed by atoms with Gasteiger partial charge in [0.05, 0.1) is 6.54 Å². The van der Waals surface area contributed by atoms with E-state index in [9.17, 15) is 0 Å². The Morgan fingerprint density at radius 1 is 1.43 bits per heavy atom. The Hall–Kier alpha value is 0.01000. The maximum atomic E-state index is 4.54. The van der Waals surface area contributed by atoms with Crippen LogP contribution in [-0.2, 0) is 0 Å². The molecule has 5 heteroatoms. The molecular weight excluding hydrogens is 221 g/mol. The quantitative estimate of drug-likeness (QED) is 0.745. The normalized spacial score (nSPS) is 26.2. The van der Waals surface area contributed by atoms with Crippen LogP contribution in [0.4, 0.5) is 0 Å². The average Bonchev–Trinajstić information content (AvgIpc) is 2.53. The first-order valence-corrected chi connectivity index (χ1v) is 4.84. The van der Waals surface area contributed by atoms with Crippen LogP contribution < -0.4 is 5.32 Å². The van der Waals surface area contributed by atoms with E-state index in [2.05, 4.69) is 22.3 Å². The highest BCUT2D eigenvalue weighted by Crippen LogP contribution is 2.16. The third kappa shape index (κ3) is 3.01. The maximum absolute atomic E-state index is 4.54. The van der Waals surface area contributed by atoms with E-state index in [1.807, 2.05) is 0 Å². The molecule has 1 atom stereocenters. The molecule has 0 amide bonds. The molecule has 1 fully saturated rings. The van der Waals surface area contributed by atoms with Crippen LogP contribution >= 0.6 is 24.8 Å². The van der Waals surface area contributed by atoms with Gasteiger partial charge in [0.2, 0.25) is 0 Å². The van der Waals surface area contributed by atoms with E-state index in [0.717, 1.165) is 19.6 Å². The van der Waals surface area contributed by atoms with Gasteiger partial charge in [0.15, 0.2) is 0 Å². The predicted octanol–water partition coefficient (Wildman–Crippen LogP) is 1.17. The van der Waals surface area contributed by atoms with Crippen molar-refractivity contribution in [1.82, 2.24) is 10.2 Å². The van der Waals surface area contributed by atoms with Crippen molar-refractivity contribution in [2.75, 3.05) is 33.2 Å². The van der Waals surface area contributed by atoms with Gasteiger partial charge >= 0.3 is 0 Å². The van der Waals surface area contributed by atoms with E-state index in [0.29, 0.717) is 5.92 Å². The lowest BCUT2D eigenvalue weighted by Crippen LogP contribution is -2.39. The fourth-order valence-corrected chi connectivity index (χ4v) is 2.06. The molecule has 14 heavy (non-hydrogen) atoms. The zero-order valence-electron chi connectivity index (χ0n) is 8.53. The summed E-state index contributed by atoms with van der Waals surface area (Å²) in [6.07, 6.45) is 2.62. The Bertz CT molecular complexity index is 190. The second kappa shape index (κ2) is 6.49. The van der Waals surface area contributed by atoms with Crippen LogP contribution in [-0.4, -0.2) is 44.0 Å². The Morgan fingerprint density at radius 2 is 2.21 bits per heavy atom. The van der Waals surface area contributed by atoms with Gasteiger partial charge in [-0.2, -0.15) is 0 Å². The average molecular weight is 240 g/mol. The van der Waals surface area contributed by atoms with Crippen molar-refractivity contribution in [2.24, 2.45) is 10.9 Å². The number of amidine groups is 1. The van der Waals surface area contributed by atoms with E-state index >= 15 is 0 Å². The molecule has 0 spiro atoms. The molecule has 3 nitrogen and oxygen atoms in total. The highest BCUT2D eigenvalue weighted by Gasteiger charge is 2.24. The minimum atomic E-state index is 0. The molecule has 0 saturated carbocycles. The fourth-order valence-electron chi connectivity index (χ4n) is 2.06. The van der Waals surface area contributed by atoms with Gasteiger partial charge in [-0.25, -0.2) is 0 Å². The van der Waals surface area contributed by atoms with E-state index in [1.165, 1.54) is 25.2 Å². The lowest BCUT2D eigenvalue weighted by molar-refractivity contribution is 0.421. The van der Waals surface area contributed by atoms with Crippen molar-refractivity contribution >= 4 is 30.6 Å². The zero-order valence-corrected chi connectivity index (χ0v) is 10.2. The lowest BCUT2D eigenvalue weighted by atomic mass is 9.98. The van der Waals surface area contributed by atoms with Crippen molar-refractivity contribution < 1.29 is 0 Å². The van der Waals surface area contributed by atoms with Crippen LogP contribution in [0.1, 0.15) is 12.8 Å². The molecule has 2 aliphatic rings. The van der Waals surface area contributed by atoms with E-state index in [-0.39, 0.29) is 24.8 Å². The van der Waals surface area contributed by atoms with Crippen LogP contribution in [0.2, 0.25) is 0 Å². The number of rotatable bonds is 1. The summed E-state index contributed by atoms with van der Waals surface area (Å²) < 4.78 is 0. The molecule has 0 aromatic rings. The molecule has 1 N–H and O–H groups in total. The first-order valence-electron chi connectivity index (χ1n) is 4.84. The molecule has 2 rings (SSSR count). The zero-order chi connectivity index (χ0) is 8.39. The van der Waals surface area contributed by atoms with E-state index in [1.54, 1.807) is 0 Å². The number of nitrogens with one attached hydrogen (secondary N) is 1. The van der Waals surface area contributed by atoms with Gasteiger partial charge in [-0.3, -0.25) is 4.99 Å². The van der Waals surface area contributed by atoms with Gasteiger partial charge in [-0.1, -0.05) is 0 Å². The Labute approximate surface area is 98.2 Å². The van der Waals surface area contributed by atoms with Gasteiger partial charge in [0, 0.05) is 26.1 Å². The Balaban J connectivity index is 0.000000845. The maximum Gasteiger partial charge on any atom is 0.103 e. The number of nitrogens with zero attached hydrogens (tertiary/aromatic N) is 2. The summed E-state index contributed by atoms with van der Waals surface area (Å²) in [5.41, 5.74) is 0. The van der Waals surface area contributed by atoms with Crippen molar-refractivity contribution in [3.8, 4) is 0 Å². The highest BCUT2D eigenvalue weighted by atomic mass is 35.5. The summed E-state index contributed by atoms with van der Waals surface area (Å²) in [7, 11) is 2.15. The summed E-state index contributed by atoms with van der Waals surface area (Å²) in [5, 5.41) is 3.42. The van der Waals surface area contributed by atoms with Crippen molar-refractivity contribution in [1.29, 1.82) is 0 Å². The first kappa shape index (κ1) is 14.0. The number of hydrogen-bond acceptors (Lipinski definition) is 3. The third-order valence-corrected chi connectivity index (χ3v) is 2.76. The molecule has 1 unspecified atom stereocenters. The number of likely N-dealkylation sites (N-methyl/N-ethyl adjacent to an activating group) is 1. The molecule has 1 saturated heterocycles. The second-order valence-electron chi connectivity index (χ2n) is 3.70. The lowest BCUT2D eigenvalue weighted by Gasteiger charge is -2.26. The molecule has 2 heterocycles. The largest absolute Gasteiger partial charge is 0.361 e. The Morgan fingerprint density at radius 3 is 2.71 bits per heavy atom. The molecule has 0 radical (unpaired) electrons. The van der Waals surface area contributed by atoms with Crippen LogP contribution in [0.3, 0.4) is 0 Å². The van der Waals surface area contributed by atoms with Gasteiger partial charge in [-0.05, 0) is 19.4 Å². The van der Waals surface area contributed by atoms with Crippen molar-refractivity contribution in [2.45, 2.75) is 12.8 Å². The highest BCUT2D eigenvalue weighted by molar-refractivity contribution is 5.86. The van der Waals surface area contributed by atoms with Gasteiger partial charge in [0.1, 0.15) is 5.84 Å². The second-order valence-corrected chi connectivity index (χ2v) is 3.70. The minimum Gasteiger partial charge on any atom is -0.361 e. The van der Waals surface area contributed by atoms with Gasteiger partial charge in [0.25, 0.3) is 0 Å². The van der Waals surface area contributed by atoms with Gasteiger partial charge < -0.3 is 10.2 Å². The first-order chi connectivity index (χ1) is 5.88. The fraction of sp³-hybridized carbons (Fsp3) is 0.889. The monoisotopic (exact) mass is 239 g/mol. The van der Waals surface area contributed by atoms with E-state index < -0.39 is 0 Å². The topological polar surface area (TPSA) is 27.6 Å². The molecular formula is C9H19Cl2N3. The molecule has 0 aromatic carbocycles. The van der Waals surface area contributed by atoms with Crippen LogP contribution in [0.5, 0.6) is 0 Å². The molecule has 0 bridgehead atoms. The standard InChI is InChI=1S/C9H17N3.2ClH/c1-12-6-5-11-9(12)8-3-2-4-10-7-8;;/h8,10H,2-7H2,1H3;2*1H. The van der Waals surface area contributed by atoms with Gasteiger partial charge in [-0.15, -0.1) is 24.8 Å². The van der Waals surface area contributed by atoms with Crippen LogP contribution in [0, 0.1) is 5.92 Å². The number of piperidine rings is 1. The van der Waals surface area contributed by atoms with Crippen LogP contribution in [0.25, 0.3) is 0 Å². The van der Waals surface area contributed by atoms with E-state index in [4.69, 9.17) is 0 Å². The smallest absolute Gasteiger partial charge is 0.103 e. The van der Waals surface area contributed by atoms with Crippen molar-refractivity contribution in [3.63, 3.8) is 0 Å². The summed E-state index contributed by atoms with van der Waals surface area (Å²) in [5.74, 6) is 2.02. The number of aliphatic imine (C=N–C) groups is 1. The molecule has 0 aromatic heterocycles. The summed E-state index contributed by atoms with van der Waals surface area (Å²) in [6, 6.07) is 0. The summed E-state index contributed by atoms with van der Waals surface area (Å²) in [4.78, 5) is 6.85. The molecule has 2 aliphatic heterocycles. The van der Waals surface area contributed by atoms with Crippen LogP contribution in [0.15, 0.2) is 4.99 Å². The minimum absolute atomic E-state index is 0. The van der Waals surface area contributed by atoms with Crippen molar-refractivity contribution in [3.05, 3.63) is 0 Å². The molecule has 84 valence electrons. The third-order valence-electron chi connectivity index (χ3n) is 2.76. The SMILES string of the molecule is CN1CCN=C1C1CCCNC1.Cl.Cl. The number of halogens is 2. The Kier molecular flexibility index (Phi) is 6.49. The number of hydrogen-bond donors (Lipinski definition) is 1. The molecule has 0 aliphatic carbocycles. The predicted molar refractivity (Wildman–Crippen MR) is 65.0 cm³/mol. The summed E-state index contributed by atoms with van der Waals surface area (Å²) >= 11 is 0.